The number of hydrogen-bond donors (Lipinski definition) is 2. The van der Waals surface area contributed by atoms with Crippen LogP contribution in [0.15, 0.2) is 48.7 Å². The number of aromatic nitrogens is 1. The van der Waals surface area contributed by atoms with Gasteiger partial charge in [-0.3, -0.25) is 4.79 Å². The summed E-state index contributed by atoms with van der Waals surface area (Å²) in [6, 6.07) is 14.1. The van der Waals surface area contributed by atoms with Crippen LogP contribution in [0.4, 0.5) is 11.4 Å². The molecule has 5 nitrogen and oxygen atoms in total. The highest BCUT2D eigenvalue weighted by atomic mass is 16.5. The fourth-order valence-electron chi connectivity index (χ4n) is 3.36. The number of hydrogen-bond acceptors (Lipinski definition) is 3. The minimum absolute atomic E-state index is 0.108. The number of fused-ring (bicyclic) bond motifs is 1. The van der Waals surface area contributed by atoms with Crippen molar-refractivity contribution in [1.82, 2.24) is 4.57 Å². The third-order valence-electron chi connectivity index (χ3n) is 4.91. The summed E-state index contributed by atoms with van der Waals surface area (Å²) in [6.45, 7) is 3.04. The number of nitrogens with zero attached hydrogens (tertiary/aromatic N) is 1. The molecule has 1 heterocycles. The molecule has 0 saturated heterocycles. The van der Waals surface area contributed by atoms with E-state index in [0.717, 1.165) is 59.5 Å². The van der Waals surface area contributed by atoms with E-state index in [1.165, 1.54) is 0 Å². The number of ether oxygens (including phenoxy) is 1. The summed E-state index contributed by atoms with van der Waals surface area (Å²) < 4.78 is 7.63. The Morgan fingerprint density at radius 3 is 2.78 bits per heavy atom. The first-order chi connectivity index (χ1) is 13.2. The summed E-state index contributed by atoms with van der Waals surface area (Å²) in [5.41, 5.74) is 3.79. The molecule has 3 aromatic rings. The fourth-order valence-corrected chi connectivity index (χ4v) is 3.36. The average molecular weight is 363 g/mol. The van der Waals surface area contributed by atoms with E-state index in [2.05, 4.69) is 34.3 Å². The number of nitrogens with one attached hydrogen (secondary N) is 2. The SMILES string of the molecule is CCCNc1cc(NC(=O)C2CC2)c2c(ccn2-c2ccccc2OC)c1. The lowest BCUT2D eigenvalue weighted by Crippen LogP contribution is -2.14. The molecule has 1 amide bonds. The molecule has 2 aromatic carbocycles. The lowest BCUT2D eigenvalue weighted by atomic mass is 10.1. The van der Waals surface area contributed by atoms with Crippen molar-refractivity contribution >= 4 is 28.2 Å². The van der Waals surface area contributed by atoms with Crippen LogP contribution in [-0.2, 0) is 4.79 Å². The molecular formula is C22H25N3O2. The minimum atomic E-state index is 0.108. The Balaban J connectivity index is 1.84. The lowest BCUT2D eigenvalue weighted by Gasteiger charge is -2.15. The number of benzene rings is 2. The molecule has 0 radical (unpaired) electrons. The standard InChI is InChI=1S/C22H25N3O2/c1-3-11-23-17-13-16-10-12-25(19-6-4-5-7-20(19)27-2)21(16)18(14-17)24-22(26)15-8-9-15/h4-7,10,12-15,23H,3,8-9,11H2,1-2H3,(H,24,26). The Labute approximate surface area is 159 Å². The van der Waals surface area contributed by atoms with E-state index < -0.39 is 0 Å². The predicted molar refractivity (Wildman–Crippen MR) is 110 cm³/mol. The monoisotopic (exact) mass is 363 g/mol. The van der Waals surface area contributed by atoms with Crippen molar-refractivity contribution in [2.24, 2.45) is 5.92 Å². The molecule has 1 saturated carbocycles. The minimum Gasteiger partial charge on any atom is -0.495 e. The molecule has 1 aliphatic carbocycles. The molecule has 0 bridgehead atoms. The Kier molecular flexibility index (Phi) is 4.75. The van der Waals surface area contributed by atoms with Crippen LogP contribution in [0.3, 0.4) is 0 Å². The van der Waals surface area contributed by atoms with E-state index in [0.29, 0.717) is 0 Å². The van der Waals surface area contributed by atoms with Crippen LogP contribution in [0.25, 0.3) is 16.6 Å². The van der Waals surface area contributed by atoms with Crippen LogP contribution < -0.4 is 15.4 Å². The van der Waals surface area contributed by atoms with E-state index in [1.54, 1.807) is 7.11 Å². The highest BCUT2D eigenvalue weighted by Crippen LogP contribution is 2.36. The van der Waals surface area contributed by atoms with Gasteiger partial charge in [-0.15, -0.1) is 0 Å². The second-order valence-corrected chi connectivity index (χ2v) is 7.01. The van der Waals surface area contributed by atoms with Gasteiger partial charge in [-0.1, -0.05) is 19.1 Å². The Bertz CT molecular complexity index is 973. The molecule has 5 heteroatoms. The van der Waals surface area contributed by atoms with Crippen LogP contribution in [0.1, 0.15) is 26.2 Å². The zero-order valence-electron chi connectivity index (χ0n) is 15.8. The highest BCUT2D eigenvalue weighted by Gasteiger charge is 2.30. The molecule has 0 atom stereocenters. The van der Waals surface area contributed by atoms with E-state index in [4.69, 9.17) is 4.74 Å². The van der Waals surface area contributed by atoms with E-state index in [-0.39, 0.29) is 11.8 Å². The fraction of sp³-hybridized carbons (Fsp3) is 0.318. The van der Waals surface area contributed by atoms with Gasteiger partial charge in [0.05, 0.1) is 24.0 Å². The average Bonchev–Trinajstić information content (AvgIpc) is 3.46. The molecule has 0 spiro atoms. The third kappa shape index (κ3) is 3.50. The van der Waals surface area contributed by atoms with Crippen molar-refractivity contribution in [1.29, 1.82) is 0 Å². The molecule has 4 rings (SSSR count). The first-order valence-electron chi connectivity index (χ1n) is 9.54. The van der Waals surface area contributed by atoms with Crippen LogP contribution in [0, 0.1) is 5.92 Å². The van der Waals surface area contributed by atoms with Crippen molar-refractivity contribution in [3.63, 3.8) is 0 Å². The number of carbonyl (C=O) groups excluding carboxylic acids is 1. The molecule has 0 aliphatic heterocycles. The van der Waals surface area contributed by atoms with Gasteiger partial charge in [-0.25, -0.2) is 0 Å². The second kappa shape index (κ2) is 7.35. The van der Waals surface area contributed by atoms with Crippen molar-refractivity contribution < 1.29 is 9.53 Å². The summed E-state index contributed by atoms with van der Waals surface area (Å²) in [4.78, 5) is 12.5. The number of amides is 1. The number of para-hydroxylation sites is 2. The summed E-state index contributed by atoms with van der Waals surface area (Å²) in [6.07, 6.45) is 5.04. The topological polar surface area (TPSA) is 55.3 Å². The number of rotatable bonds is 7. The molecule has 1 fully saturated rings. The van der Waals surface area contributed by atoms with Gasteiger partial charge in [-0.05, 0) is 49.6 Å². The van der Waals surface area contributed by atoms with Gasteiger partial charge in [0.15, 0.2) is 0 Å². The largest absolute Gasteiger partial charge is 0.495 e. The number of carbonyl (C=O) groups is 1. The van der Waals surface area contributed by atoms with Crippen LogP contribution in [-0.4, -0.2) is 24.1 Å². The van der Waals surface area contributed by atoms with Crippen LogP contribution >= 0.6 is 0 Å². The predicted octanol–water partition coefficient (Wildman–Crippen LogP) is 4.81. The van der Waals surface area contributed by atoms with Gasteiger partial charge in [0.25, 0.3) is 0 Å². The van der Waals surface area contributed by atoms with Crippen molar-refractivity contribution in [2.75, 3.05) is 24.3 Å². The van der Waals surface area contributed by atoms with Gasteiger partial charge >= 0.3 is 0 Å². The Hall–Kier alpha value is -2.95. The van der Waals surface area contributed by atoms with Gasteiger partial charge in [0.1, 0.15) is 5.75 Å². The highest BCUT2D eigenvalue weighted by molar-refractivity contribution is 6.04. The number of anilines is 2. The maximum absolute atomic E-state index is 12.5. The lowest BCUT2D eigenvalue weighted by molar-refractivity contribution is -0.117. The maximum Gasteiger partial charge on any atom is 0.227 e. The molecule has 0 unspecified atom stereocenters. The summed E-state index contributed by atoms with van der Waals surface area (Å²) in [5, 5.41) is 7.67. The Morgan fingerprint density at radius 1 is 1.22 bits per heavy atom. The van der Waals surface area contributed by atoms with Gasteiger partial charge in [-0.2, -0.15) is 0 Å². The zero-order chi connectivity index (χ0) is 18.8. The summed E-state index contributed by atoms with van der Waals surface area (Å²) >= 11 is 0. The van der Waals surface area contributed by atoms with Crippen molar-refractivity contribution in [2.45, 2.75) is 26.2 Å². The molecule has 140 valence electrons. The van der Waals surface area contributed by atoms with Crippen molar-refractivity contribution in [3.05, 3.63) is 48.7 Å². The molecule has 27 heavy (non-hydrogen) atoms. The molecule has 1 aliphatic rings. The summed E-state index contributed by atoms with van der Waals surface area (Å²) in [5.74, 6) is 1.06. The van der Waals surface area contributed by atoms with Gasteiger partial charge < -0.3 is 19.9 Å². The molecule has 2 N–H and O–H groups in total. The molecule has 1 aromatic heterocycles. The second-order valence-electron chi connectivity index (χ2n) is 7.01. The quantitative estimate of drug-likeness (QED) is 0.633. The maximum atomic E-state index is 12.5. The van der Waals surface area contributed by atoms with E-state index >= 15 is 0 Å². The summed E-state index contributed by atoms with van der Waals surface area (Å²) in [7, 11) is 1.67. The van der Waals surface area contributed by atoms with Gasteiger partial charge in [0.2, 0.25) is 5.91 Å². The normalized spacial score (nSPS) is 13.6. The van der Waals surface area contributed by atoms with Crippen molar-refractivity contribution in [3.8, 4) is 11.4 Å². The zero-order valence-corrected chi connectivity index (χ0v) is 15.8. The van der Waals surface area contributed by atoms with E-state index in [1.807, 2.05) is 36.5 Å². The molecular weight excluding hydrogens is 338 g/mol. The van der Waals surface area contributed by atoms with Gasteiger partial charge in [0, 0.05) is 29.7 Å². The smallest absolute Gasteiger partial charge is 0.227 e. The third-order valence-corrected chi connectivity index (χ3v) is 4.91. The van der Waals surface area contributed by atoms with Crippen LogP contribution in [0.5, 0.6) is 5.75 Å². The first kappa shape index (κ1) is 17.5. The first-order valence-corrected chi connectivity index (χ1v) is 9.54. The van der Waals surface area contributed by atoms with Crippen LogP contribution in [0.2, 0.25) is 0 Å². The number of methoxy groups -OCH3 is 1. The Morgan fingerprint density at radius 2 is 2.04 bits per heavy atom. The van der Waals surface area contributed by atoms with E-state index in [9.17, 15) is 4.79 Å².